The highest BCUT2D eigenvalue weighted by molar-refractivity contribution is 5.94. The van der Waals surface area contributed by atoms with Crippen molar-refractivity contribution in [1.29, 1.82) is 0 Å². The second-order valence-electron chi connectivity index (χ2n) is 9.93. The van der Waals surface area contributed by atoms with Gasteiger partial charge < -0.3 is 25.8 Å². The molecule has 2 saturated heterocycles. The van der Waals surface area contributed by atoms with Crippen molar-refractivity contribution in [2.75, 3.05) is 29.1 Å². The number of nitrogens with one attached hydrogen (secondary N) is 4. The van der Waals surface area contributed by atoms with Gasteiger partial charge >= 0.3 is 0 Å². The smallest absolute Gasteiger partial charge is 0.230 e. The van der Waals surface area contributed by atoms with Gasteiger partial charge in [0.25, 0.3) is 0 Å². The lowest BCUT2D eigenvalue weighted by molar-refractivity contribution is -0.131. The Hall–Kier alpha value is -3.89. The molecular formula is C27H38N8O3. The molecule has 5 rings (SSSR count). The number of H-pyrrole nitrogens is 1. The van der Waals surface area contributed by atoms with Crippen LogP contribution in [0.3, 0.4) is 0 Å². The maximum atomic E-state index is 13.0. The van der Waals surface area contributed by atoms with E-state index in [1.165, 1.54) is 12.8 Å². The van der Waals surface area contributed by atoms with Crippen molar-refractivity contribution in [2.45, 2.75) is 76.9 Å². The highest BCUT2D eigenvalue weighted by atomic mass is 16.2. The summed E-state index contributed by atoms with van der Waals surface area (Å²) in [6, 6.07) is 4.32. The van der Waals surface area contributed by atoms with Crippen LogP contribution in [0, 0.1) is 0 Å². The standard InChI is InChI=1S/C25H33N7O2.C2H5NO/c1-3-6-17-14-26-25(30-24(17)27-18-7-4-5-8-18)29-21-11-12-22(28-21)31-15-20-10-9-19(13-23(31)34)32(20)16(2)33;1-3-2-4/h3,6,11-12,14,18-20,28H,4-5,7-10,13,15H2,1-2H3,(H2,26,27,29,30);2H,1H3,(H,3,4)/b6-3+;. The van der Waals surface area contributed by atoms with E-state index in [9.17, 15) is 9.59 Å². The van der Waals surface area contributed by atoms with Crippen molar-refractivity contribution in [3.63, 3.8) is 0 Å². The SMILES string of the molecule is C/C=C/c1cnc(Nc2ccc(N3CC4CCC(CC3=O)N4C(C)=O)[nH]2)nc1NC1CCCC1.CNC=O. The molecule has 4 N–H and O–H groups in total. The molecule has 3 fully saturated rings. The molecule has 2 aromatic rings. The average Bonchev–Trinajstić information content (AvgIpc) is 3.64. The van der Waals surface area contributed by atoms with Crippen molar-refractivity contribution in [3.8, 4) is 0 Å². The van der Waals surface area contributed by atoms with E-state index >= 15 is 0 Å². The molecule has 0 spiro atoms. The summed E-state index contributed by atoms with van der Waals surface area (Å²) in [4.78, 5) is 50.3. The first kappa shape index (κ1) is 27.2. The Labute approximate surface area is 223 Å². The molecule has 0 aromatic carbocycles. The third kappa shape index (κ3) is 6.32. The van der Waals surface area contributed by atoms with E-state index < -0.39 is 0 Å². The lowest BCUT2D eigenvalue weighted by atomic mass is 10.1. The van der Waals surface area contributed by atoms with Crippen molar-refractivity contribution in [2.24, 2.45) is 0 Å². The number of hydrogen-bond donors (Lipinski definition) is 4. The molecule has 2 atom stereocenters. The number of anilines is 4. The van der Waals surface area contributed by atoms with Crippen LogP contribution >= 0.6 is 0 Å². The second kappa shape index (κ2) is 12.6. The summed E-state index contributed by atoms with van der Waals surface area (Å²) in [6.07, 6.45) is 13.5. The lowest BCUT2D eigenvalue weighted by Crippen LogP contribution is -2.42. The number of aromatic amines is 1. The zero-order valence-corrected chi connectivity index (χ0v) is 22.4. The predicted octanol–water partition coefficient (Wildman–Crippen LogP) is 3.41. The van der Waals surface area contributed by atoms with Gasteiger partial charge in [0.15, 0.2) is 0 Å². The van der Waals surface area contributed by atoms with E-state index in [4.69, 9.17) is 9.78 Å². The zero-order chi connectivity index (χ0) is 27.1. The Morgan fingerprint density at radius 1 is 1.16 bits per heavy atom. The third-order valence-corrected chi connectivity index (χ3v) is 7.27. The Morgan fingerprint density at radius 2 is 1.89 bits per heavy atom. The summed E-state index contributed by atoms with van der Waals surface area (Å²) in [5.41, 5.74) is 0.965. The minimum atomic E-state index is 0.0161. The van der Waals surface area contributed by atoms with E-state index in [2.05, 4.69) is 25.9 Å². The fourth-order valence-electron chi connectivity index (χ4n) is 5.58. The van der Waals surface area contributed by atoms with E-state index in [1.807, 2.05) is 42.3 Å². The fraction of sp³-hybridized carbons (Fsp3) is 0.519. The van der Waals surface area contributed by atoms with Gasteiger partial charge in [0, 0.05) is 50.8 Å². The van der Waals surface area contributed by atoms with Crippen LogP contribution in [-0.2, 0) is 14.4 Å². The van der Waals surface area contributed by atoms with Gasteiger partial charge in [-0.1, -0.05) is 25.0 Å². The van der Waals surface area contributed by atoms with Gasteiger partial charge in [0.05, 0.1) is 6.04 Å². The summed E-state index contributed by atoms with van der Waals surface area (Å²) < 4.78 is 0. The molecule has 1 saturated carbocycles. The minimum Gasteiger partial charge on any atom is -0.367 e. The van der Waals surface area contributed by atoms with Crippen molar-refractivity contribution in [1.82, 2.24) is 25.2 Å². The lowest BCUT2D eigenvalue weighted by Gasteiger charge is -2.27. The molecular weight excluding hydrogens is 484 g/mol. The Balaban J connectivity index is 0.000000786. The largest absolute Gasteiger partial charge is 0.367 e. The van der Waals surface area contributed by atoms with E-state index in [-0.39, 0.29) is 23.9 Å². The minimum absolute atomic E-state index is 0.0161. The van der Waals surface area contributed by atoms with Gasteiger partial charge in [-0.3, -0.25) is 19.3 Å². The fourth-order valence-corrected chi connectivity index (χ4v) is 5.58. The number of fused-ring (bicyclic) bond motifs is 2. The van der Waals surface area contributed by atoms with Crippen LogP contribution in [0.1, 0.15) is 64.4 Å². The van der Waals surface area contributed by atoms with Gasteiger partial charge in [0.2, 0.25) is 24.2 Å². The first-order valence-electron chi connectivity index (χ1n) is 13.4. The van der Waals surface area contributed by atoms with Crippen LogP contribution in [-0.4, -0.2) is 69.8 Å². The molecule has 4 heterocycles. The molecule has 3 amide bonds. The van der Waals surface area contributed by atoms with Crippen LogP contribution in [0.4, 0.5) is 23.4 Å². The molecule has 2 unspecified atom stereocenters. The summed E-state index contributed by atoms with van der Waals surface area (Å²) in [5.74, 6) is 2.85. The number of carbonyl (C=O) groups excluding carboxylic acids is 3. The first-order chi connectivity index (χ1) is 18.4. The number of hydrogen-bond acceptors (Lipinski definition) is 7. The van der Waals surface area contributed by atoms with Crippen LogP contribution in [0.15, 0.2) is 24.4 Å². The average molecular weight is 523 g/mol. The molecule has 1 aliphatic carbocycles. The molecule has 38 heavy (non-hydrogen) atoms. The van der Waals surface area contributed by atoms with Gasteiger partial charge in [0.1, 0.15) is 17.5 Å². The van der Waals surface area contributed by atoms with Gasteiger partial charge in [-0.05, 0) is 44.7 Å². The Morgan fingerprint density at radius 3 is 2.58 bits per heavy atom. The molecule has 204 valence electrons. The van der Waals surface area contributed by atoms with E-state index in [0.717, 1.165) is 42.9 Å². The molecule has 11 nitrogen and oxygen atoms in total. The van der Waals surface area contributed by atoms with Gasteiger partial charge in [-0.2, -0.15) is 4.98 Å². The molecule has 2 aromatic heterocycles. The molecule has 3 aliphatic rings. The molecule has 2 bridgehead atoms. The Kier molecular flexibility index (Phi) is 8.98. The molecule has 2 aliphatic heterocycles. The summed E-state index contributed by atoms with van der Waals surface area (Å²) >= 11 is 0. The maximum absolute atomic E-state index is 13.0. The number of amides is 3. The van der Waals surface area contributed by atoms with Crippen LogP contribution in [0.25, 0.3) is 6.08 Å². The maximum Gasteiger partial charge on any atom is 0.230 e. The van der Waals surface area contributed by atoms with Gasteiger partial charge in [-0.15, -0.1) is 0 Å². The van der Waals surface area contributed by atoms with Gasteiger partial charge in [-0.25, -0.2) is 4.98 Å². The Bertz CT molecular complexity index is 1160. The van der Waals surface area contributed by atoms with E-state index in [0.29, 0.717) is 37.2 Å². The number of nitrogens with zero attached hydrogens (tertiary/aromatic N) is 4. The highest BCUT2D eigenvalue weighted by Crippen LogP contribution is 2.33. The summed E-state index contributed by atoms with van der Waals surface area (Å²) in [6.45, 7) is 4.09. The topological polar surface area (TPSA) is 135 Å². The van der Waals surface area contributed by atoms with E-state index in [1.54, 1.807) is 18.9 Å². The summed E-state index contributed by atoms with van der Waals surface area (Å²) in [5, 5.41) is 9.08. The quantitative estimate of drug-likeness (QED) is 0.409. The second-order valence-corrected chi connectivity index (χ2v) is 9.93. The van der Waals surface area contributed by atoms with Crippen molar-refractivity contribution in [3.05, 3.63) is 30.0 Å². The number of allylic oxidation sites excluding steroid dienone is 1. The number of aromatic nitrogens is 3. The molecule has 11 heteroatoms. The van der Waals surface area contributed by atoms with Crippen LogP contribution < -0.4 is 20.9 Å². The monoisotopic (exact) mass is 522 g/mol. The predicted molar refractivity (Wildman–Crippen MR) is 148 cm³/mol. The van der Waals surface area contributed by atoms with Crippen molar-refractivity contribution < 1.29 is 14.4 Å². The third-order valence-electron chi connectivity index (χ3n) is 7.27. The normalized spacial score (nSPS) is 21.2. The van der Waals surface area contributed by atoms with Crippen LogP contribution in [0.2, 0.25) is 0 Å². The number of rotatable bonds is 7. The van der Waals surface area contributed by atoms with Crippen LogP contribution in [0.5, 0.6) is 0 Å². The zero-order valence-electron chi connectivity index (χ0n) is 22.4. The number of carbonyl (C=O) groups is 3. The molecule has 0 radical (unpaired) electrons. The summed E-state index contributed by atoms with van der Waals surface area (Å²) in [7, 11) is 1.56. The highest BCUT2D eigenvalue weighted by Gasteiger charge is 2.42. The first-order valence-corrected chi connectivity index (χ1v) is 13.4. The van der Waals surface area contributed by atoms with Crippen molar-refractivity contribution >= 4 is 47.7 Å².